The van der Waals surface area contributed by atoms with E-state index in [0.29, 0.717) is 6.54 Å². The van der Waals surface area contributed by atoms with Crippen LogP contribution in [-0.2, 0) is 21.5 Å². The summed E-state index contributed by atoms with van der Waals surface area (Å²) in [4.78, 5) is 29.6. The monoisotopic (exact) mass is 562 g/mol. The van der Waals surface area contributed by atoms with E-state index in [2.05, 4.69) is 59.0 Å². The summed E-state index contributed by atoms with van der Waals surface area (Å²) >= 11 is 0. The van der Waals surface area contributed by atoms with Gasteiger partial charge in [0, 0.05) is 30.0 Å². The molecule has 1 aliphatic carbocycles. The summed E-state index contributed by atoms with van der Waals surface area (Å²) in [5, 5.41) is 14.8. The molecule has 0 aromatic heterocycles. The Bertz CT molecular complexity index is 1220. The SMILES string of the molecule is COc1ccc(C(C)(C)C)cc1CN[C@H]1[C@H](C(C)(C)C)[C@@](C)(C(=O)O)N(C(=O)C2CCCCC2)[C@H]1c1ccccc1. The number of carbonyl (C=O) groups excluding carboxylic acids is 1. The van der Waals surface area contributed by atoms with Crippen LogP contribution in [0.15, 0.2) is 48.5 Å². The van der Waals surface area contributed by atoms with Crippen molar-refractivity contribution in [2.24, 2.45) is 17.3 Å². The number of amides is 1. The summed E-state index contributed by atoms with van der Waals surface area (Å²) in [6.07, 6.45) is 4.80. The molecule has 1 heterocycles. The third-order valence-electron chi connectivity index (χ3n) is 9.46. The van der Waals surface area contributed by atoms with E-state index in [-0.39, 0.29) is 29.2 Å². The van der Waals surface area contributed by atoms with Gasteiger partial charge in [-0.25, -0.2) is 4.79 Å². The molecule has 0 radical (unpaired) electrons. The van der Waals surface area contributed by atoms with Gasteiger partial charge in [-0.15, -0.1) is 0 Å². The zero-order valence-electron chi connectivity index (χ0n) is 26.3. The molecule has 2 aromatic rings. The fourth-order valence-electron chi connectivity index (χ4n) is 7.51. The second-order valence-corrected chi connectivity index (χ2v) is 14.4. The van der Waals surface area contributed by atoms with Crippen molar-refractivity contribution in [3.05, 3.63) is 65.2 Å². The van der Waals surface area contributed by atoms with Crippen molar-refractivity contribution in [3.8, 4) is 5.75 Å². The highest BCUT2D eigenvalue weighted by molar-refractivity contribution is 5.90. The van der Waals surface area contributed by atoms with E-state index in [1.165, 1.54) is 5.56 Å². The number of carboxylic acids is 1. The quantitative estimate of drug-likeness (QED) is 0.376. The third-order valence-corrected chi connectivity index (χ3v) is 9.46. The predicted molar refractivity (Wildman–Crippen MR) is 164 cm³/mol. The van der Waals surface area contributed by atoms with Gasteiger partial charge in [-0.1, -0.05) is 103 Å². The number of rotatable bonds is 7. The number of carbonyl (C=O) groups is 2. The lowest BCUT2D eigenvalue weighted by molar-refractivity contribution is -0.163. The summed E-state index contributed by atoms with van der Waals surface area (Å²) in [6.45, 7) is 15.2. The molecule has 2 fully saturated rings. The maximum absolute atomic E-state index is 14.5. The molecule has 1 amide bonds. The number of ether oxygens (including phenoxy) is 1. The Kier molecular flexibility index (Phi) is 8.94. The number of hydrogen-bond donors (Lipinski definition) is 2. The number of nitrogens with one attached hydrogen (secondary N) is 1. The fourth-order valence-corrected chi connectivity index (χ4v) is 7.51. The summed E-state index contributed by atoms with van der Waals surface area (Å²) < 4.78 is 5.75. The normalized spacial score (nSPS) is 25.8. The average molecular weight is 563 g/mol. The van der Waals surface area contributed by atoms with Crippen molar-refractivity contribution in [1.29, 1.82) is 0 Å². The molecule has 4 atom stereocenters. The van der Waals surface area contributed by atoms with Crippen LogP contribution in [0.2, 0.25) is 0 Å². The van der Waals surface area contributed by atoms with Gasteiger partial charge in [0.05, 0.1) is 13.2 Å². The Labute approximate surface area is 246 Å². The number of likely N-dealkylation sites (tertiary alicyclic amines) is 1. The first kappa shape index (κ1) is 31.1. The molecule has 2 aliphatic rings. The Morgan fingerprint density at radius 2 is 1.63 bits per heavy atom. The second-order valence-electron chi connectivity index (χ2n) is 14.4. The molecule has 0 bridgehead atoms. The molecule has 1 aliphatic heterocycles. The van der Waals surface area contributed by atoms with Crippen molar-refractivity contribution in [3.63, 3.8) is 0 Å². The maximum Gasteiger partial charge on any atom is 0.329 e. The van der Waals surface area contributed by atoms with Gasteiger partial charge < -0.3 is 20.1 Å². The van der Waals surface area contributed by atoms with Crippen molar-refractivity contribution in [1.82, 2.24) is 10.2 Å². The van der Waals surface area contributed by atoms with E-state index in [1.807, 2.05) is 36.4 Å². The molecule has 2 aromatic carbocycles. The Hall–Kier alpha value is -2.86. The van der Waals surface area contributed by atoms with E-state index < -0.39 is 23.0 Å². The van der Waals surface area contributed by atoms with Crippen LogP contribution >= 0.6 is 0 Å². The van der Waals surface area contributed by atoms with Crippen molar-refractivity contribution in [2.75, 3.05) is 7.11 Å². The van der Waals surface area contributed by atoms with Gasteiger partial charge in [0.2, 0.25) is 5.91 Å². The molecule has 0 spiro atoms. The van der Waals surface area contributed by atoms with E-state index in [4.69, 9.17) is 4.74 Å². The van der Waals surface area contributed by atoms with Crippen LogP contribution in [0.5, 0.6) is 5.75 Å². The van der Waals surface area contributed by atoms with Crippen LogP contribution in [-0.4, -0.2) is 40.6 Å². The van der Waals surface area contributed by atoms with Gasteiger partial charge in [0.1, 0.15) is 11.3 Å². The van der Waals surface area contributed by atoms with Gasteiger partial charge in [-0.2, -0.15) is 0 Å². The molecule has 0 unspecified atom stereocenters. The molecule has 6 nitrogen and oxygen atoms in total. The zero-order valence-corrected chi connectivity index (χ0v) is 26.3. The van der Waals surface area contributed by atoms with Crippen molar-refractivity contribution in [2.45, 2.75) is 110 Å². The number of methoxy groups -OCH3 is 1. The molecular weight excluding hydrogens is 512 g/mol. The fraction of sp³-hybridized carbons (Fsp3) is 0.600. The van der Waals surface area contributed by atoms with Crippen molar-refractivity contribution < 1.29 is 19.4 Å². The first-order chi connectivity index (χ1) is 19.2. The Balaban J connectivity index is 1.86. The zero-order chi connectivity index (χ0) is 30.2. The Morgan fingerprint density at radius 3 is 2.17 bits per heavy atom. The van der Waals surface area contributed by atoms with E-state index >= 15 is 0 Å². The van der Waals surface area contributed by atoms with Crippen LogP contribution in [0.4, 0.5) is 0 Å². The minimum Gasteiger partial charge on any atom is -0.496 e. The van der Waals surface area contributed by atoms with Crippen LogP contribution in [0.1, 0.15) is 103 Å². The largest absolute Gasteiger partial charge is 0.496 e. The van der Waals surface area contributed by atoms with Gasteiger partial charge >= 0.3 is 5.97 Å². The standard InChI is InChI=1S/C35H50N2O4/c1-33(2,3)26-19-20-27(41-8)25(21-26)22-36-28-29(23-15-11-9-12-16-23)37(31(38)24-17-13-10-14-18-24)35(7,32(39)40)30(28)34(4,5)6/h9,11-12,15-16,19-21,24,28-30,36H,10,13-14,17-18,22H2,1-8H3,(H,39,40)/t28-,29+,30-,35+/m1/s1. The summed E-state index contributed by atoms with van der Waals surface area (Å²) in [5.41, 5.74) is 1.37. The van der Waals surface area contributed by atoms with Gasteiger partial charge in [0.25, 0.3) is 0 Å². The molecule has 1 saturated heterocycles. The number of carboxylic acid groups (broad SMARTS) is 1. The van der Waals surface area contributed by atoms with Gasteiger partial charge in [-0.3, -0.25) is 4.79 Å². The smallest absolute Gasteiger partial charge is 0.329 e. The van der Waals surface area contributed by atoms with Crippen molar-refractivity contribution >= 4 is 11.9 Å². The molecule has 2 N–H and O–H groups in total. The summed E-state index contributed by atoms with van der Waals surface area (Å²) in [5.74, 6) is -0.671. The maximum atomic E-state index is 14.5. The highest BCUT2D eigenvalue weighted by Gasteiger charge is 2.65. The lowest BCUT2D eigenvalue weighted by Gasteiger charge is -2.43. The van der Waals surface area contributed by atoms with E-state index in [1.54, 1.807) is 18.9 Å². The van der Waals surface area contributed by atoms with Crippen LogP contribution in [0.3, 0.4) is 0 Å². The minimum atomic E-state index is -1.39. The number of aliphatic carboxylic acids is 1. The molecule has 4 rings (SSSR count). The third kappa shape index (κ3) is 6.04. The number of benzene rings is 2. The first-order valence-electron chi connectivity index (χ1n) is 15.2. The van der Waals surface area contributed by atoms with E-state index in [0.717, 1.165) is 49.0 Å². The topological polar surface area (TPSA) is 78.9 Å². The van der Waals surface area contributed by atoms with Gasteiger partial charge in [-0.05, 0) is 47.8 Å². The highest BCUT2D eigenvalue weighted by atomic mass is 16.5. The molecule has 1 saturated carbocycles. The second kappa shape index (κ2) is 11.8. The first-order valence-corrected chi connectivity index (χ1v) is 15.2. The molecular formula is C35H50N2O4. The molecule has 224 valence electrons. The molecule has 6 heteroatoms. The average Bonchev–Trinajstić information content (AvgIpc) is 3.21. The number of nitrogens with zero attached hydrogens (tertiary/aromatic N) is 1. The van der Waals surface area contributed by atoms with Crippen LogP contribution < -0.4 is 10.1 Å². The highest BCUT2D eigenvalue weighted by Crippen LogP contribution is 2.54. The van der Waals surface area contributed by atoms with E-state index in [9.17, 15) is 14.7 Å². The summed E-state index contributed by atoms with van der Waals surface area (Å²) in [6, 6.07) is 15.6. The van der Waals surface area contributed by atoms with Crippen LogP contribution in [0, 0.1) is 17.3 Å². The minimum absolute atomic E-state index is 0.0192. The Morgan fingerprint density at radius 1 is 1.00 bits per heavy atom. The lowest BCUT2D eigenvalue weighted by Crippen LogP contribution is -2.59. The molecule has 41 heavy (non-hydrogen) atoms. The van der Waals surface area contributed by atoms with Crippen LogP contribution in [0.25, 0.3) is 0 Å². The predicted octanol–water partition coefficient (Wildman–Crippen LogP) is 7.12. The number of hydrogen-bond acceptors (Lipinski definition) is 4. The van der Waals surface area contributed by atoms with Gasteiger partial charge in [0.15, 0.2) is 0 Å². The summed E-state index contributed by atoms with van der Waals surface area (Å²) in [7, 11) is 1.68. The lowest BCUT2D eigenvalue weighted by atomic mass is 9.67.